The van der Waals surface area contributed by atoms with Crippen LogP contribution in [0.3, 0.4) is 0 Å². The van der Waals surface area contributed by atoms with Crippen LogP contribution >= 0.6 is 23.8 Å². The molecule has 2 N–H and O–H groups in total. The number of benzene rings is 2. The molecule has 134 valence electrons. The van der Waals surface area contributed by atoms with Crippen molar-refractivity contribution in [2.45, 2.75) is 27.3 Å². The molecule has 3 rings (SSSR count). The van der Waals surface area contributed by atoms with Gasteiger partial charge in [0.15, 0.2) is 5.11 Å². The van der Waals surface area contributed by atoms with Gasteiger partial charge in [-0.15, -0.1) is 0 Å². The van der Waals surface area contributed by atoms with Crippen LogP contribution in [0.1, 0.15) is 22.5 Å². The van der Waals surface area contributed by atoms with Gasteiger partial charge in [-0.25, -0.2) is 4.68 Å². The average Bonchev–Trinajstić information content (AvgIpc) is 2.92. The average molecular weight is 385 g/mol. The van der Waals surface area contributed by atoms with Crippen LogP contribution in [-0.2, 0) is 6.54 Å². The van der Waals surface area contributed by atoms with Crippen LogP contribution in [0.5, 0.6) is 0 Å². The predicted molar refractivity (Wildman–Crippen MR) is 112 cm³/mol. The summed E-state index contributed by atoms with van der Waals surface area (Å²) in [5.41, 5.74) is 6.16. The van der Waals surface area contributed by atoms with Crippen molar-refractivity contribution in [1.29, 1.82) is 0 Å². The van der Waals surface area contributed by atoms with Crippen molar-refractivity contribution in [2.24, 2.45) is 0 Å². The van der Waals surface area contributed by atoms with Gasteiger partial charge in [0.05, 0.1) is 11.4 Å². The van der Waals surface area contributed by atoms with Gasteiger partial charge in [-0.3, -0.25) is 0 Å². The number of rotatable bonds is 4. The topological polar surface area (TPSA) is 41.9 Å². The second kappa shape index (κ2) is 7.89. The van der Waals surface area contributed by atoms with Crippen molar-refractivity contribution in [3.63, 3.8) is 0 Å². The Morgan fingerprint density at radius 2 is 1.81 bits per heavy atom. The molecule has 0 fully saturated rings. The molecule has 3 aromatic rings. The molecule has 0 aliphatic rings. The zero-order valence-corrected chi connectivity index (χ0v) is 16.6. The van der Waals surface area contributed by atoms with Crippen molar-refractivity contribution in [1.82, 2.24) is 15.1 Å². The summed E-state index contributed by atoms with van der Waals surface area (Å²) in [5, 5.41) is 12.4. The van der Waals surface area contributed by atoms with E-state index in [1.807, 2.05) is 67.1 Å². The van der Waals surface area contributed by atoms with Crippen LogP contribution in [0.4, 0.5) is 5.69 Å². The molecule has 0 radical (unpaired) electrons. The van der Waals surface area contributed by atoms with Gasteiger partial charge in [0.2, 0.25) is 0 Å². The summed E-state index contributed by atoms with van der Waals surface area (Å²) in [6.07, 6.45) is 0. The normalized spacial score (nSPS) is 10.6. The van der Waals surface area contributed by atoms with Crippen molar-refractivity contribution in [3.8, 4) is 5.69 Å². The van der Waals surface area contributed by atoms with E-state index in [2.05, 4.69) is 22.7 Å². The molecule has 0 unspecified atom stereocenters. The minimum atomic E-state index is 0.557. The molecule has 0 aliphatic heterocycles. The second-order valence-corrected chi connectivity index (χ2v) is 6.93. The Morgan fingerprint density at radius 1 is 1.08 bits per heavy atom. The monoisotopic (exact) mass is 384 g/mol. The number of halogens is 1. The Labute approximate surface area is 164 Å². The molecular formula is C20H21ClN4S. The SMILES string of the molecule is Cc1nn(-c2ccccc2)c(C)c1CNC(=S)Nc1cccc(Cl)c1C. The van der Waals surface area contributed by atoms with Gasteiger partial charge >= 0.3 is 0 Å². The minimum Gasteiger partial charge on any atom is -0.358 e. The Bertz CT molecular complexity index is 934. The third kappa shape index (κ3) is 3.89. The molecule has 1 aromatic heterocycles. The number of anilines is 1. The van der Waals surface area contributed by atoms with Crippen molar-refractivity contribution in [3.05, 3.63) is 76.1 Å². The van der Waals surface area contributed by atoms with E-state index >= 15 is 0 Å². The molecule has 26 heavy (non-hydrogen) atoms. The summed E-state index contributed by atoms with van der Waals surface area (Å²) in [4.78, 5) is 0. The van der Waals surface area contributed by atoms with E-state index in [1.165, 1.54) is 0 Å². The molecule has 0 atom stereocenters. The summed E-state index contributed by atoms with van der Waals surface area (Å²) in [6, 6.07) is 15.8. The van der Waals surface area contributed by atoms with E-state index in [4.69, 9.17) is 23.8 Å². The number of hydrogen-bond acceptors (Lipinski definition) is 2. The molecular weight excluding hydrogens is 364 g/mol. The third-order valence-corrected chi connectivity index (χ3v) is 5.04. The van der Waals surface area contributed by atoms with Crippen molar-refractivity contribution in [2.75, 3.05) is 5.32 Å². The van der Waals surface area contributed by atoms with E-state index in [9.17, 15) is 0 Å². The van der Waals surface area contributed by atoms with Gasteiger partial charge in [0, 0.05) is 28.5 Å². The molecule has 0 saturated carbocycles. The maximum Gasteiger partial charge on any atom is 0.171 e. The summed E-state index contributed by atoms with van der Waals surface area (Å²) in [5.74, 6) is 0. The Kier molecular flexibility index (Phi) is 5.59. The highest BCUT2D eigenvalue weighted by molar-refractivity contribution is 7.80. The van der Waals surface area contributed by atoms with Crippen LogP contribution in [-0.4, -0.2) is 14.9 Å². The fraction of sp³-hybridized carbons (Fsp3) is 0.200. The molecule has 1 heterocycles. The number of aryl methyl sites for hydroxylation is 1. The van der Waals surface area contributed by atoms with E-state index < -0.39 is 0 Å². The van der Waals surface area contributed by atoms with Crippen LogP contribution in [0.15, 0.2) is 48.5 Å². The van der Waals surface area contributed by atoms with E-state index in [1.54, 1.807) is 0 Å². The van der Waals surface area contributed by atoms with Crippen molar-refractivity contribution >= 4 is 34.6 Å². The van der Waals surface area contributed by atoms with Crippen LogP contribution in [0.2, 0.25) is 5.02 Å². The van der Waals surface area contributed by atoms with Gasteiger partial charge in [0.25, 0.3) is 0 Å². The number of aromatic nitrogens is 2. The summed E-state index contributed by atoms with van der Waals surface area (Å²) in [6.45, 7) is 6.66. The predicted octanol–water partition coefficient (Wildman–Crippen LogP) is 4.94. The second-order valence-electron chi connectivity index (χ2n) is 6.12. The summed E-state index contributed by atoms with van der Waals surface area (Å²) in [7, 11) is 0. The fourth-order valence-electron chi connectivity index (χ4n) is 2.83. The highest BCUT2D eigenvalue weighted by atomic mass is 35.5. The number of para-hydroxylation sites is 1. The Balaban J connectivity index is 1.71. The molecule has 4 nitrogen and oxygen atoms in total. The van der Waals surface area contributed by atoms with Crippen molar-refractivity contribution < 1.29 is 0 Å². The molecule has 0 amide bonds. The lowest BCUT2D eigenvalue weighted by atomic mass is 10.2. The standard InChI is InChI=1S/C20H21ClN4S/c1-13-18(21)10-7-11-19(13)23-20(26)22-12-17-14(2)24-25(15(17)3)16-8-5-4-6-9-16/h4-11H,12H2,1-3H3,(H2,22,23,26). The van der Waals surface area contributed by atoms with Gasteiger partial charge in [-0.2, -0.15) is 5.10 Å². The molecule has 2 aromatic carbocycles. The zero-order chi connectivity index (χ0) is 18.7. The van der Waals surface area contributed by atoms with E-state index in [0.717, 1.165) is 33.9 Å². The van der Waals surface area contributed by atoms with Crippen LogP contribution in [0.25, 0.3) is 5.69 Å². The van der Waals surface area contributed by atoms with Gasteiger partial charge < -0.3 is 10.6 Å². The lowest BCUT2D eigenvalue weighted by molar-refractivity contribution is 0.830. The van der Waals surface area contributed by atoms with Crippen LogP contribution in [0, 0.1) is 20.8 Å². The van der Waals surface area contributed by atoms with E-state index in [0.29, 0.717) is 16.7 Å². The molecule has 0 bridgehead atoms. The number of thiocarbonyl (C=S) groups is 1. The van der Waals surface area contributed by atoms with Gasteiger partial charge in [-0.1, -0.05) is 35.9 Å². The first-order valence-corrected chi connectivity index (χ1v) is 9.16. The lowest BCUT2D eigenvalue weighted by Gasteiger charge is -2.13. The minimum absolute atomic E-state index is 0.557. The molecule has 6 heteroatoms. The zero-order valence-electron chi connectivity index (χ0n) is 15.0. The number of hydrogen-bond donors (Lipinski definition) is 2. The maximum absolute atomic E-state index is 6.16. The lowest BCUT2D eigenvalue weighted by Crippen LogP contribution is -2.28. The fourth-order valence-corrected chi connectivity index (χ4v) is 3.19. The highest BCUT2D eigenvalue weighted by Gasteiger charge is 2.13. The Hall–Kier alpha value is -2.37. The third-order valence-electron chi connectivity index (χ3n) is 4.38. The van der Waals surface area contributed by atoms with E-state index in [-0.39, 0.29) is 0 Å². The van der Waals surface area contributed by atoms with Crippen LogP contribution < -0.4 is 10.6 Å². The largest absolute Gasteiger partial charge is 0.358 e. The molecule has 0 saturated heterocycles. The first-order chi connectivity index (χ1) is 12.5. The first kappa shape index (κ1) is 18.4. The van der Waals surface area contributed by atoms with Gasteiger partial charge in [-0.05, 0) is 62.8 Å². The Morgan fingerprint density at radius 3 is 2.54 bits per heavy atom. The number of nitrogens with one attached hydrogen (secondary N) is 2. The summed E-state index contributed by atoms with van der Waals surface area (Å²) < 4.78 is 1.96. The highest BCUT2D eigenvalue weighted by Crippen LogP contribution is 2.23. The summed E-state index contributed by atoms with van der Waals surface area (Å²) >= 11 is 11.6. The van der Waals surface area contributed by atoms with Gasteiger partial charge in [0.1, 0.15) is 0 Å². The molecule has 0 aliphatic carbocycles. The molecule has 0 spiro atoms. The number of nitrogens with zero attached hydrogens (tertiary/aromatic N) is 2. The maximum atomic E-state index is 6.16. The quantitative estimate of drug-likeness (QED) is 0.625. The first-order valence-electron chi connectivity index (χ1n) is 8.38. The smallest absolute Gasteiger partial charge is 0.171 e.